The van der Waals surface area contributed by atoms with Crippen LogP contribution in [-0.2, 0) is 4.79 Å². The number of hydrogen-bond acceptors (Lipinski definition) is 1. The lowest BCUT2D eigenvalue weighted by Crippen LogP contribution is -2.20. The predicted octanol–water partition coefficient (Wildman–Crippen LogP) is 6.05. The number of rotatable bonds is 12. The molecule has 0 fully saturated rings. The second kappa shape index (κ2) is 11.8. The fourth-order valence-electron chi connectivity index (χ4n) is 3.07. The molecule has 0 spiro atoms. The van der Waals surface area contributed by atoms with Crippen molar-refractivity contribution in [2.75, 3.05) is 0 Å². The van der Waals surface area contributed by atoms with Crippen molar-refractivity contribution >= 4 is 5.78 Å². The van der Waals surface area contributed by atoms with Gasteiger partial charge in [0.15, 0.2) is 5.78 Å². The highest BCUT2D eigenvalue weighted by Crippen LogP contribution is 2.23. The average Bonchev–Trinajstić information content (AvgIpc) is 2.49. The topological polar surface area (TPSA) is 17.1 Å². The van der Waals surface area contributed by atoms with Crippen molar-refractivity contribution in [3.05, 3.63) is 24.3 Å². The molecule has 0 heterocycles. The van der Waals surface area contributed by atoms with Crippen LogP contribution in [0.4, 0.5) is 0 Å². The van der Waals surface area contributed by atoms with Crippen LogP contribution in [0.5, 0.6) is 0 Å². The summed E-state index contributed by atoms with van der Waals surface area (Å²) in [4.78, 5) is 11.7. The first kappa shape index (κ1) is 18.2. The van der Waals surface area contributed by atoms with Gasteiger partial charge in [0.1, 0.15) is 0 Å². The Morgan fingerprint density at radius 1 is 1.00 bits per heavy atom. The summed E-state index contributed by atoms with van der Waals surface area (Å²) >= 11 is 0. The van der Waals surface area contributed by atoms with E-state index in [0.29, 0.717) is 5.92 Å². The maximum atomic E-state index is 11.7. The first-order valence-corrected chi connectivity index (χ1v) is 9.06. The largest absolute Gasteiger partial charge is 0.293 e. The van der Waals surface area contributed by atoms with Crippen LogP contribution < -0.4 is 0 Å². The van der Waals surface area contributed by atoms with Gasteiger partial charge in [-0.1, -0.05) is 96.3 Å². The van der Waals surface area contributed by atoms with Crippen LogP contribution in [0.1, 0.15) is 84.5 Å². The number of unbranched alkanes of at least 4 members (excludes halogenated alkanes) is 9. The molecule has 0 amide bonds. The van der Waals surface area contributed by atoms with Crippen molar-refractivity contribution in [2.24, 2.45) is 11.8 Å². The van der Waals surface area contributed by atoms with Gasteiger partial charge in [0.25, 0.3) is 0 Å². The predicted molar refractivity (Wildman–Crippen MR) is 91.1 cm³/mol. The first-order chi connectivity index (χ1) is 10.3. The highest BCUT2D eigenvalue weighted by Gasteiger charge is 2.21. The van der Waals surface area contributed by atoms with Crippen molar-refractivity contribution in [3.8, 4) is 0 Å². The van der Waals surface area contributed by atoms with Crippen molar-refractivity contribution in [3.63, 3.8) is 0 Å². The first-order valence-electron chi connectivity index (χ1n) is 9.06. The fraction of sp³-hybridized carbons (Fsp3) is 0.750. The van der Waals surface area contributed by atoms with Gasteiger partial charge in [-0.2, -0.15) is 0 Å². The quantitative estimate of drug-likeness (QED) is 0.400. The maximum Gasteiger partial charge on any atom is 0.170 e. The SMILES string of the molecule is CCCCCCCCCCCCC(C)C1C=CC=[C]C1=O. The molecule has 2 unspecified atom stereocenters. The molecule has 1 heteroatoms. The number of hydrogen-bond donors (Lipinski definition) is 0. The van der Waals surface area contributed by atoms with E-state index in [1.807, 2.05) is 12.2 Å². The third kappa shape index (κ3) is 8.24. The third-order valence-corrected chi connectivity index (χ3v) is 4.57. The molecule has 0 aromatic carbocycles. The molecule has 0 aliphatic heterocycles. The second-order valence-corrected chi connectivity index (χ2v) is 6.53. The number of Topliss-reactive ketones (excluding diaryl/α,β-unsaturated/α-hetero) is 1. The Balaban J connectivity index is 1.93. The average molecular weight is 289 g/mol. The van der Waals surface area contributed by atoms with Gasteiger partial charge in [-0.05, 0) is 12.3 Å². The van der Waals surface area contributed by atoms with Crippen LogP contribution in [0.15, 0.2) is 18.2 Å². The molecular weight excluding hydrogens is 256 g/mol. The van der Waals surface area contributed by atoms with E-state index >= 15 is 0 Å². The molecule has 1 radical (unpaired) electrons. The number of carbonyl (C=O) groups excluding carboxylic acids is 1. The molecule has 0 saturated carbocycles. The Hall–Kier alpha value is -0.850. The van der Waals surface area contributed by atoms with Crippen LogP contribution in [0.25, 0.3) is 0 Å². The van der Waals surface area contributed by atoms with Gasteiger partial charge in [-0.3, -0.25) is 4.79 Å². The summed E-state index contributed by atoms with van der Waals surface area (Å²) in [6.07, 6.45) is 23.4. The lowest BCUT2D eigenvalue weighted by Gasteiger charge is -2.19. The summed E-state index contributed by atoms with van der Waals surface area (Å²) < 4.78 is 0. The van der Waals surface area contributed by atoms with E-state index in [4.69, 9.17) is 0 Å². The molecule has 0 aromatic rings. The minimum Gasteiger partial charge on any atom is -0.293 e. The van der Waals surface area contributed by atoms with Gasteiger partial charge < -0.3 is 0 Å². The maximum absolute atomic E-state index is 11.7. The Bertz CT molecular complexity index is 327. The Morgan fingerprint density at radius 2 is 1.57 bits per heavy atom. The molecular formula is C20H33O. The zero-order valence-corrected chi connectivity index (χ0v) is 14.1. The summed E-state index contributed by atoms with van der Waals surface area (Å²) in [6, 6.07) is 0. The van der Waals surface area contributed by atoms with E-state index in [2.05, 4.69) is 19.9 Å². The Morgan fingerprint density at radius 3 is 2.14 bits per heavy atom. The highest BCUT2D eigenvalue weighted by molar-refractivity contribution is 5.90. The fourth-order valence-corrected chi connectivity index (χ4v) is 3.07. The molecule has 1 aliphatic carbocycles. The molecule has 0 aromatic heterocycles. The van der Waals surface area contributed by atoms with Crippen molar-refractivity contribution in [1.82, 2.24) is 0 Å². The van der Waals surface area contributed by atoms with Crippen LogP contribution in [0, 0.1) is 17.9 Å². The van der Waals surface area contributed by atoms with Gasteiger partial charge >= 0.3 is 0 Å². The van der Waals surface area contributed by atoms with Gasteiger partial charge in [-0.25, -0.2) is 0 Å². The van der Waals surface area contributed by atoms with E-state index in [0.717, 1.165) is 0 Å². The lowest BCUT2D eigenvalue weighted by atomic mass is 9.84. The molecule has 1 rings (SSSR count). The highest BCUT2D eigenvalue weighted by atomic mass is 16.1. The summed E-state index contributed by atoms with van der Waals surface area (Å²) in [5.74, 6) is 0.703. The van der Waals surface area contributed by atoms with Crippen LogP contribution in [0.2, 0.25) is 0 Å². The van der Waals surface area contributed by atoms with E-state index in [-0.39, 0.29) is 11.7 Å². The molecule has 1 aliphatic rings. The van der Waals surface area contributed by atoms with Crippen molar-refractivity contribution in [2.45, 2.75) is 84.5 Å². The van der Waals surface area contributed by atoms with Crippen LogP contribution in [0.3, 0.4) is 0 Å². The molecule has 0 saturated heterocycles. The monoisotopic (exact) mass is 289 g/mol. The molecule has 21 heavy (non-hydrogen) atoms. The standard InChI is InChI=1S/C20H33O/c1-3-4-5-6-7-8-9-10-11-12-15-18(2)19-16-13-14-17-20(19)21/h13-14,16,18-19H,3-12,15H2,1-2H3. The summed E-state index contributed by atoms with van der Waals surface area (Å²) in [5.41, 5.74) is 0. The minimum atomic E-state index is 0.0774. The number of ketones is 1. The van der Waals surface area contributed by atoms with E-state index in [1.165, 1.54) is 70.6 Å². The van der Waals surface area contributed by atoms with Crippen LogP contribution in [-0.4, -0.2) is 5.78 Å². The normalized spacial score (nSPS) is 19.1. The Labute approximate surface area is 131 Å². The molecule has 0 N–H and O–H groups in total. The van der Waals surface area contributed by atoms with Crippen LogP contribution >= 0.6 is 0 Å². The molecule has 0 bridgehead atoms. The van der Waals surface area contributed by atoms with Crippen molar-refractivity contribution in [1.29, 1.82) is 0 Å². The van der Waals surface area contributed by atoms with Gasteiger partial charge in [0.05, 0.1) is 0 Å². The van der Waals surface area contributed by atoms with E-state index in [1.54, 1.807) is 6.08 Å². The Kier molecular flexibility index (Phi) is 10.2. The number of carbonyl (C=O) groups is 1. The van der Waals surface area contributed by atoms with Crippen molar-refractivity contribution < 1.29 is 4.79 Å². The molecule has 2 atom stereocenters. The minimum absolute atomic E-state index is 0.0774. The zero-order valence-electron chi connectivity index (χ0n) is 14.1. The second-order valence-electron chi connectivity index (χ2n) is 6.53. The molecule has 119 valence electrons. The number of allylic oxidation sites excluding steroid dienone is 4. The summed E-state index contributed by atoms with van der Waals surface area (Å²) in [5, 5.41) is 0. The lowest BCUT2D eigenvalue weighted by molar-refractivity contribution is -0.118. The van der Waals surface area contributed by atoms with Gasteiger partial charge in [0, 0.05) is 12.0 Å². The smallest absolute Gasteiger partial charge is 0.170 e. The molecule has 1 nitrogen and oxygen atoms in total. The van der Waals surface area contributed by atoms with E-state index in [9.17, 15) is 4.79 Å². The third-order valence-electron chi connectivity index (χ3n) is 4.57. The zero-order chi connectivity index (χ0) is 15.3. The summed E-state index contributed by atoms with van der Waals surface area (Å²) in [7, 11) is 0. The van der Waals surface area contributed by atoms with Gasteiger partial charge in [-0.15, -0.1) is 0 Å². The van der Waals surface area contributed by atoms with Gasteiger partial charge in [0.2, 0.25) is 0 Å². The van der Waals surface area contributed by atoms with E-state index < -0.39 is 0 Å². The summed E-state index contributed by atoms with van der Waals surface area (Å²) in [6.45, 7) is 4.47.